The number of hydrogen-bond acceptors (Lipinski definition) is 3. The van der Waals surface area contributed by atoms with Crippen LogP contribution in [0.5, 0.6) is 0 Å². The summed E-state index contributed by atoms with van der Waals surface area (Å²) >= 11 is 0. The fraction of sp³-hybridized carbons (Fsp3) is 0.700. The Morgan fingerprint density at radius 3 is 2.32 bits per heavy atom. The van der Waals surface area contributed by atoms with Crippen molar-refractivity contribution in [3.63, 3.8) is 0 Å². The quantitative estimate of drug-likeness (QED) is 0.783. The summed E-state index contributed by atoms with van der Waals surface area (Å²) in [6.07, 6.45) is 1.67. The molecule has 9 heteroatoms. The second kappa shape index (κ2) is 5.91. The van der Waals surface area contributed by atoms with Crippen molar-refractivity contribution in [3.8, 4) is 0 Å². The second-order valence-electron chi connectivity index (χ2n) is 4.24. The van der Waals surface area contributed by atoms with Gasteiger partial charge in [-0.2, -0.15) is 17.5 Å². The summed E-state index contributed by atoms with van der Waals surface area (Å²) in [4.78, 5) is 10.9. The van der Waals surface area contributed by atoms with Crippen molar-refractivity contribution in [1.82, 2.24) is 9.62 Å². The van der Waals surface area contributed by atoms with Crippen molar-refractivity contribution in [1.29, 1.82) is 0 Å². The first-order chi connectivity index (χ1) is 8.68. The van der Waals surface area contributed by atoms with Gasteiger partial charge in [0.2, 0.25) is 5.91 Å². The van der Waals surface area contributed by atoms with E-state index in [2.05, 4.69) is 11.9 Å². The summed E-state index contributed by atoms with van der Waals surface area (Å²) in [6.45, 7) is 3.21. The Balaban J connectivity index is 2.50. The van der Waals surface area contributed by atoms with E-state index in [9.17, 15) is 26.4 Å². The third kappa shape index (κ3) is 3.93. The summed E-state index contributed by atoms with van der Waals surface area (Å²) in [6, 6.07) is 0. The van der Waals surface area contributed by atoms with Crippen molar-refractivity contribution >= 4 is 15.9 Å². The molecule has 0 bridgehead atoms. The molecule has 1 rings (SSSR count). The Hall–Kier alpha value is -1.09. The zero-order chi connectivity index (χ0) is 14.7. The molecular formula is C10H15F3N2O3S. The lowest BCUT2D eigenvalue weighted by Crippen LogP contribution is -2.46. The number of sulfonamides is 1. The van der Waals surface area contributed by atoms with Crippen LogP contribution in [0.1, 0.15) is 12.8 Å². The molecule has 0 atom stereocenters. The van der Waals surface area contributed by atoms with E-state index in [1.807, 2.05) is 0 Å². The third-order valence-electron chi connectivity index (χ3n) is 2.96. The largest absolute Gasteiger partial charge is 0.511 e. The van der Waals surface area contributed by atoms with E-state index in [0.717, 1.165) is 6.08 Å². The highest BCUT2D eigenvalue weighted by Crippen LogP contribution is 2.30. The Labute approximate surface area is 109 Å². The predicted octanol–water partition coefficient (Wildman–Crippen LogP) is 0.850. The van der Waals surface area contributed by atoms with Gasteiger partial charge in [0.1, 0.15) is 0 Å². The van der Waals surface area contributed by atoms with Crippen molar-refractivity contribution in [2.75, 3.05) is 19.6 Å². The van der Waals surface area contributed by atoms with Gasteiger partial charge in [-0.25, -0.2) is 8.42 Å². The topological polar surface area (TPSA) is 66.5 Å². The summed E-state index contributed by atoms with van der Waals surface area (Å²) < 4.78 is 59.7. The van der Waals surface area contributed by atoms with Crippen molar-refractivity contribution in [2.45, 2.75) is 18.3 Å². The standard InChI is InChI=1S/C10H15F3N2O3S/c1-2-9(16)14-7-8-3-5-15(6-4-8)19(17,18)10(11,12)13/h2,8H,1,3-7H2,(H,14,16). The molecule has 1 amide bonds. The Kier molecular flexibility index (Phi) is 4.97. The summed E-state index contributed by atoms with van der Waals surface area (Å²) in [5.41, 5.74) is -5.25. The number of nitrogens with one attached hydrogen (secondary N) is 1. The molecule has 0 aliphatic carbocycles. The van der Waals surface area contributed by atoms with E-state index in [-0.39, 0.29) is 37.8 Å². The van der Waals surface area contributed by atoms with E-state index < -0.39 is 15.5 Å². The van der Waals surface area contributed by atoms with Crippen LogP contribution in [0.15, 0.2) is 12.7 Å². The molecule has 0 aromatic carbocycles. The Morgan fingerprint density at radius 2 is 1.89 bits per heavy atom. The zero-order valence-corrected chi connectivity index (χ0v) is 10.9. The molecule has 0 spiro atoms. The molecule has 1 N–H and O–H groups in total. The van der Waals surface area contributed by atoms with Crippen molar-refractivity contribution < 1.29 is 26.4 Å². The van der Waals surface area contributed by atoms with Gasteiger partial charge in [0.25, 0.3) is 0 Å². The number of piperidine rings is 1. The minimum atomic E-state index is -5.25. The van der Waals surface area contributed by atoms with Gasteiger partial charge in [0.05, 0.1) is 0 Å². The molecular weight excluding hydrogens is 285 g/mol. The van der Waals surface area contributed by atoms with Crippen LogP contribution in [-0.2, 0) is 14.8 Å². The van der Waals surface area contributed by atoms with Gasteiger partial charge < -0.3 is 5.32 Å². The maximum Gasteiger partial charge on any atom is 0.511 e. The smallest absolute Gasteiger partial charge is 0.352 e. The van der Waals surface area contributed by atoms with Crippen LogP contribution < -0.4 is 5.32 Å². The van der Waals surface area contributed by atoms with E-state index >= 15 is 0 Å². The Bertz CT molecular complexity index is 439. The van der Waals surface area contributed by atoms with Crippen LogP contribution in [0, 0.1) is 5.92 Å². The number of halogens is 3. The fourth-order valence-electron chi connectivity index (χ4n) is 1.82. The highest BCUT2D eigenvalue weighted by atomic mass is 32.2. The summed E-state index contributed by atoms with van der Waals surface area (Å²) in [5.74, 6) is -0.381. The third-order valence-corrected chi connectivity index (χ3v) is 4.59. The van der Waals surface area contributed by atoms with Gasteiger partial charge in [0.15, 0.2) is 0 Å². The first-order valence-electron chi connectivity index (χ1n) is 5.65. The van der Waals surface area contributed by atoms with E-state index in [1.54, 1.807) is 0 Å². The van der Waals surface area contributed by atoms with Crippen LogP contribution in [0.3, 0.4) is 0 Å². The fourth-order valence-corrected chi connectivity index (χ4v) is 2.80. The first-order valence-corrected chi connectivity index (χ1v) is 7.09. The molecule has 0 saturated carbocycles. The molecule has 1 saturated heterocycles. The van der Waals surface area contributed by atoms with Crippen LogP contribution in [0.25, 0.3) is 0 Å². The normalized spacial score (nSPS) is 19.1. The lowest BCUT2D eigenvalue weighted by molar-refractivity contribution is -0.116. The molecule has 110 valence electrons. The Morgan fingerprint density at radius 1 is 1.37 bits per heavy atom. The maximum atomic E-state index is 12.3. The SMILES string of the molecule is C=CC(=O)NCC1CCN(S(=O)(=O)C(F)(F)F)CC1. The lowest BCUT2D eigenvalue weighted by Gasteiger charge is -2.31. The second-order valence-corrected chi connectivity index (χ2v) is 6.17. The number of carbonyl (C=O) groups is 1. The summed E-state index contributed by atoms with van der Waals surface area (Å²) in [7, 11) is -5.23. The molecule has 1 heterocycles. The highest BCUT2D eigenvalue weighted by molar-refractivity contribution is 7.90. The molecule has 1 aliphatic heterocycles. The number of rotatable bonds is 4. The molecule has 0 radical (unpaired) electrons. The number of hydrogen-bond donors (Lipinski definition) is 1. The maximum absolute atomic E-state index is 12.3. The average Bonchev–Trinajstić information content (AvgIpc) is 2.35. The van der Waals surface area contributed by atoms with Crippen LogP contribution >= 0.6 is 0 Å². The molecule has 0 aromatic rings. The van der Waals surface area contributed by atoms with Crippen molar-refractivity contribution in [3.05, 3.63) is 12.7 Å². The number of nitrogens with zero attached hydrogens (tertiary/aromatic N) is 1. The molecule has 0 aromatic heterocycles. The van der Waals surface area contributed by atoms with Crippen molar-refractivity contribution in [2.24, 2.45) is 5.92 Å². The first kappa shape index (κ1) is 16.0. The van der Waals surface area contributed by atoms with Gasteiger partial charge in [-0.15, -0.1) is 0 Å². The molecule has 1 aliphatic rings. The summed E-state index contributed by atoms with van der Waals surface area (Å²) in [5, 5.41) is 2.54. The highest BCUT2D eigenvalue weighted by Gasteiger charge is 2.50. The van der Waals surface area contributed by atoms with Crippen LogP contribution in [0.4, 0.5) is 13.2 Å². The molecule has 5 nitrogen and oxygen atoms in total. The van der Waals surface area contributed by atoms with Gasteiger partial charge in [0, 0.05) is 19.6 Å². The molecule has 19 heavy (non-hydrogen) atoms. The number of alkyl halides is 3. The van der Waals surface area contributed by atoms with Gasteiger partial charge in [-0.3, -0.25) is 4.79 Å². The van der Waals surface area contributed by atoms with Gasteiger partial charge in [-0.1, -0.05) is 6.58 Å². The van der Waals surface area contributed by atoms with Crippen LogP contribution in [-0.4, -0.2) is 43.8 Å². The van der Waals surface area contributed by atoms with Crippen LogP contribution in [0.2, 0.25) is 0 Å². The van der Waals surface area contributed by atoms with Gasteiger partial charge in [-0.05, 0) is 24.8 Å². The molecule has 1 fully saturated rings. The van der Waals surface area contributed by atoms with Gasteiger partial charge >= 0.3 is 15.5 Å². The van der Waals surface area contributed by atoms with E-state index in [0.29, 0.717) is 10.8 Å². The van der Waals surface area contributed by atoms with E-state index in [4.69, 9.17) is 0 Å². The monoisotopic (exact) mass is 300 g/mol. The number of carbonyl (C=O) groups excluding carboxylic acids is 1. The predicted molar refractivity (Wildman–Crippen MR) is 62.5 cm³/mol. The minimum Gasteiger partial charge on any atom is -0.352 e. The minimum absolute atomic E-state index is 0.0245. The lowest BCUT2D eigenvalue weighted by atomic mass is 9.98. The average molecular weight is 300 g/mol. The van der Waals surface area contributed by atoms with E-state index in [1.165, 1.54) is 0 Å². The molecule has 0 unspecified atom stereocenters. The number of amides is 1. The zero-order valence-electron chi connectivity index (χ0n) is 10.1.